The van der Waals surface area contributed by atoms with Gasteiger partial charge in [0.1, 0.15) is 0 Å². The first-order chi connectivity index (χ1) is 6.14. The predicted molar refractivity (Wildman–Crippen MR) is 47.2 cm³/mol. The molecule has 0 aromatic rings. The van der Waals surface area contributed by atoms with Gasteiger partial charge in [-0.3, -0.25) is 10.1 Å². The molecule has 14 heavy (non-hydrogen) atoms. The molecule has 2 amide bonds. The third-order valence-electron chi connectivity index (χ3n) is 2.23. The molecule has 1 aliphatic rings. The van der Waals surface area contributed by atoms with Gasteiger partial charge in [-0.15, -0.1) is 0 Å². The molecule has 74 valence electrons. The Morgan fingerprint density at radius 2 is 1.71 bits per heavy atom. The Kier molecular flexibility index (Phi) is 5.71. The molecule has 1 rings (SSSR count). The van der Waals surface area contributed by atoms with Crippen LogP contribution < -0.4 is 34.9 Å². The van der Waals surface area contributed by atoms with Crippen molar-refractivity contribution in [2.75, 3.05) is 0 Å². The fraction of sp³-hybridized carbons (Fsp3) is 0.778. The van der Waals surface area contributed by atoms with Crippen LogP contribution in [0.15, 0.2) is 0 Å². The van der Waals surface area contributed by atoms with Gasteiger partial charge in [0, 0.05) is 0 Å². The summed E-state index contributed by atoms with van der Waals surface area (Å²) in [5.74, 6) is -0.277. The van der Waals surface area contributed by atoms with Crippen LogP contribution >= 0.6 is 0 Å². The van der Waals surface area contributed by atoms with E-state index < -0.39 is 11.7 Å². The minimum Gasteiger partial charge on any atom is -0.432 e. The Balaban J connectivity index is 0.00000169. The van der Waals surface area contributed by atoms with Crippen LogP contribution in [-0.2, 0) is 9.53 Å². The monoisotopic (exact) mass is 208 g/mol. The number of carbonyl (C=O) groups is 2. The van der Waals surface area contributed by atoms with Gasteiger partial charge in [-0.05, 0) is 12.8 Å². The van der Waals surface area contributed by atoms with Crippen LogP contribution in [0.25, 0.3) is 0 Å². The second-order valence-electron chi connectivity index (χ2n) is 3.34. The van der Waals surface area contributed by atoms with E-state index in [1.165, 1.54) is 0 Å². The molecule has 1 aliphatic heterocycles. The zero-order chi connectivity index (χ0) is 9.90. The fourth-order valence-corrected chi connectivity index (χ4v) is 1.72. The van der Waals surface area contributed by atoms with E-state index in [0.717, 1.165) is 12.8 Å². The van der Waals surface area contributed by atoms with E-state index in [2.05, 4.69) is 5.32 Å². The quantitative estimate of drug-likeness (QED) is 0.578. The first kappa shape index (κ1) is 13.9. The van der Waals surface area contributed by atoms with Crippen molar-refractivity contribution in [3.8, 4) is 0 Å². The van der Waals surface area contributed by atoms with Crippen LogP contribution in [0.5, 0.6) is 0 Å². The van der Waals surface area contributed by atoms with Crippen molar-refractivity contribution < 1.29 is 43.9 Å². The van der Waals surface area contributed by atoms with Gasteiger partial charge in [0.05, 0.1) is 0 Å². The van der Waals surface area contributed by atoms with E-state index >= 15 is 0 Å². The van der Waals surface area contributed by atoms with Gasteiger partial charge < -0.3 is 4.74 Å². The van der Waals surface area contributed by atoms with Crippen molar-refractivity contribution in [2.24, 2.45) is 0 Å². The summed E-state index contributed by atoms with van der Waals surface area (Å²) in [5.41, 5.74) is -0.874. The van der Waals surface area contributed by atoms with Crippen LogP contribution in [0.2, 0.25) is 0 Å². The Morgan fingerprint density at radius 1 is 1.21 bits per heavy atom. The first-order valence-corrected chi connectivity index (χ1v) is 4.69. The Labute approximate surface area is 106 Å². The zero-order valence-corrected chi connectivity index (χ0v) is 11.1. The number of ether oxygens (including phenoxy) is 1. The summed E-state index contributed by atoms with van der Waals surface area (Å²) in [4.78, 5) is 22.3. The number of rotatable bonds is 4. The number of cyclic esters (lactones) is 1. The molecule has 0 unspecified atom stereocenters. The van der Waals surface area contributed by atoms with Crippen LogP contribution in [0.3, 0.4) is 0 Å². The smallest absolute Gasteiger partial charge is 0.432 e. The van der Waals surface area contributed by atoms with Gasteiger partial charge in [0.2, 0.25) is 0 Å². The summed E-state index contributed by atoms with van der Waals surface area (Å²) < 4.78 is 5.04. The van der Waals surface area contributed by atoms with E-state index in [-0.39, 0.29) is 35.5 Å². The average Bonchev–Trinajstić information content (AvgIpc) is 2.28. The Morgan fingerprint density at radius 3 is 2.00 bits per heavy atom. The summed E-state index contributed by atoms with van der Waals surface area (Å²) in [6, 6.07) is 0. The maximum atomic E-state index is 11.4. The summed E-state index contributed by atoms with van der Waals surface area (Å²) in [5, 5.41) is 2.18. The zero-order valence-electron chi connectivity index (χ0n) is 9.05. The molecule has 0 atom stereocenters. The summed E-state index contributed by atoms with van der Waals surface area (Å²) in [6.07, 6.45) is 2.28. The number of imide groups is 1. The van der Waals surface area contributed by atoms with Crippen molar-refractivity contribution in [3.63, 3.8) is 0 Å². The molecular formula is C9H15NNaO3+. The second kappa shape index (κ2) is 5.73. The SMILES string of the molecule is CCCC1(CCC)OC(=O)NC1=O.[Na+]. The molecule has 0 spiro atoms. The molecular weight excluding hydrogens is 193 g/mol. The topological polar surface area (TPSA) is 55.4 Å². The second-order valence-corrected chi connectivity index (χ2v) is 3.34. The van der Waals surface area contributed by atoms with Crippen molar-refractivity contribution >= 4 is 12.0 Å². The number of hydrogen-bond donors (Lipinski definition) is 1. The fourth-order valence-electron chi connectivity index (χ4n) is 1.72. The third kappa shape index (κ3) is 2.72. The van der Waals surface area contributed by atoms with Gasteiger partial charge in [0.25, 0.3) is 5.91 Å². The number of alkyl carbamates (subject to hydrolysis) is 1. The van der Waals surface area contributed by atoms with Gasteiger partial charge in [-0.1, -0.05) is 26.7 Å². The van der Waals surface area contributed by atoms with Gasteiger partial charge in [-0.25, -0.2) is 4.79 Å². The molecule has 0 aromatic carbocycles. The maximum absolute atomic E-state index is 11.4. The third-order valence-corrected chi connectivity index (χ3v) is 2.23. The molecule has 0 bridgehead atoms. The number of carbonyl (C=O) groups excluding carboxylic acids is 2. The molecule has 1 N–H and O–H groups in total. The van der Waals surface area contributed by atoms with Crippen molar-refractivity contribution in [1.82, 2.24) is 5.32 Å². The molecule has 0 aromatic heterocycles. The van der Waals surface area contributed by atoms with Crippen LogP contribution in [-0.4, -0.2) is 17.6 Å². The minimum absolute atomic E-state index is 0. The summed E-state index contributed by atoms with van der Waals surface area (Å²) in [7, 11) is 0. The van der Waals surface area contributed by atoms with E-state index in [1.807, 2.05) is 13.8 Å². The maximum Gasteiger partial charge on any atom is 1.00 e. The normalized spacial score (nSPS) is 18.4. The van der Waals surface area contributed by atoms with Crippen LogP contribution in [0.1, 0.15) is 39.5 Å². The molecule has 1 heterocycles. The number of amides is 2. The summed E-state index contributed by atoms with van der Waals surface area (Å²) >= 11 is 0. The first-order valence-electron chi connectivity index (χ1n) is 4.69. The van der Waals surface area contributed by atoms with Crippen molar-refractivity contribution in [2.45, 2.75) is 45.1 Å². The Bertz CT molecular complexity index is 224. The Hall–Kier alpha value is -0.0600. The molecule has 1 fully saturated rings. The largest absolute Gasteiger partial charge is 1.00 e. The van der Waals surface area contributed by atoms with Gasteiger partial charge >= 0.3 is 35.7 Å². The van der Waals surface area contributed by atoms with E-state index in [9.17, 15) is 9.59 Å². The van der Waals surface area contributed by atoms with Crippen molar-refractivity contribution in [1.29, 1.82) is 0 Å². The number of nitrogens with one attached hydrogen (secondary N) is 1. The predicted octanol–water partition coefficient (Wildman–Crippen LogP) is -1.40. The van der Waals surface area contributed by atoms with E-state index in [0.29, 0.717) is 12.8 Å². The molecule has 0 radical (unpaired) electrons. The molecule has 4 nitrogen and oxygen atoms in total. The minimum atomic E-state index is -0.874. The van der Waals surface area contributed by atoms with Gasteiger partial charge in [-0.2, -0.15) is 0 Å². The summed E-state index contributed by atoms with van der Waals surface area (Å²) in [6.45, 7) is 3.94. The molecule has 5 heteroatoms. The van der Waals surface area contributed by atoms with Crippen LogP contribution in [0, 0.1) is 0 Å². The van der Waals surface area contributed by atoms with Gasteiger partial charge in [0.15, 0.2) is 5.60 Å². The molecule has 0 aliphatic carbocycles. The molecule has 1 saturated heterocycles. The average molecular weight is 208 g/mol. The number of hydrogen-bond acceptors (Lipinski definition) is 3. The molecule has 0 saturated carbocycles. The standard InChI is InChI=1S/C9H15NO3.Na/c1-3-5-9(6-4-2)7(11)10-8(12)13-9;/h3-6H2,1-2H3,(H,10,11,12);/q;+1. The van der Waals surface area contributed by atoms with Crippen LogP contribution in [0.4, 0.5) is 4.79 Å². The van der Waals surface area contributed by atoms with E-state index in [4.69, 9.17) is 4.74 Å². The van der Waals surface area contributed by atoms with Crippen molar-refractivity contribution in [3.05, 3.63) is 0 Å². The van der Waals surface area contributed by atoms with E-state index in [1.54, 1.807) is 0 Å².